The molecule has 0 bridgehead atoms. The normalized spacial score (nSPS) is 16.3. The van der Waals surface area contributed by atoms with E-state index < -0.39 is 5.91 Å². The fourth-order valence-corrected chi connectivity index (χ4v) is 3.21. The van der Waals surface area contributed by atoms with Crippen LogP contribution in [0, 0.1) is 0 Å². The van der Waals surface area contributed by atoms with Gasteiger partial charge in [-0.3, -0.25) is 9.59 Å². The number of nitrogens with one attached hydrogen (secondary N) is 1. The van der Waals surface area contributed by atoms with E-state index in [1.54, 1.807) is 42.5 Å². The van der Waals surface area contributed by atoms with Crippen molar-refractivity contribution in [3.8, 4) is 5.75 Å². The van der Waals surface area contributed by atoms with Crippen molar-refractivity contribution in [3.63, 3.8) is 0 Å². The van der Waals surface area contributed by atoms with Gasteiger partial charge in [0.05, 0.1) is 21.8 Å². The van der Waals surface area contributed by atoms with E-state index in [-0.39, 0.29) is 17.6 Å². The highest BCUT2D eigenvalue weighted by atomic mass is 79.9. The lowest BCUT2D eigenvalue weighted by molar-refractivity contribution is 0.0677. The molecular formula is C19H19BrN2O4. The van der Waals surface area contributed by atoms with Gasteiger partial charge in [-0.25, -0.2) is 0 Å². The van der Waals surface area contributed by atoms with Gasteiger partial charge in [0.1, 0.15) is 12.4 Å². The molecule has 136 valence electrons. The maximum absolute atomic E-state index is 12.5. The average Bonchev–Trinajstić information content (AvgIpc) is 3.14. The lowest BCUT2D eigenvalue weighted by atomic mass is 10.1. The summed E-state index contributed by atoms with van der Waals surface area (Å²) in [6.45, 7) is 1.26. The summed E-state index contributed by atoms with van der Waals surface area (Å²) in [6.07, 6.45) is 2.17. The third-order valence-electron chi connectivity index (χ3n) is 4.08. The van der Waals surface area contributed by atoms with Crippen molar-refractivity contribution in [2.24, 2.45) is 5.73 Å². The summed E-state index contributed by atoms with van der Waals surface area (Å²) in [6, 6.07) is 11.7. The van der Waals surface area contributed by atoms with Crippen molar-refractivity contribution < 1.29 is 19.1 Å². The van der Waals surface area contributed by atoms with Crippen molar-refractivity contribution >= 4 is 33.4 Å². The zero-order valence-corrected chi connectivity index (χ0v) is 15.6. The van der Waals surface area contributed by atoms with Crippen LogP contribution in [0.15, 0.2) is 46.9 Å². The van der Waals surface area contributed by atoms with Crippen LogP contribution in [-0.4, -0.2) is 31.1 Å². The van der Waals surface area contributed by atoms with Crippen LogP contribution in [0.2, 0.25) is 0 Å². The van der Waals surface area contributed by atoms with Gasteiger partial charge in [-0.15, -0.1) is 0 Å². The SMILES string of the molecule is NC(=O)c1ccccc1NC(=O)c1ccc(OC[C@@H]2CCCO2)c(Br)c1. The standard InChI is InChI=1S/C19H19BrN2O4/c20-15-10-12(7-8-17(15)26-11-13-4-3-9-25-13)19(24)22-16-6-2-1-5-14(16)18(21)23/h1-2,5-8,10,13H,3-4,9,11H2,(H2,21,23)(H,22,24)/t13-/m0/s1. The van der Waals surface area contributed by atoms with E-state index >= 15 is 0 Å². The van der Waals surface area contributed by atoms with Gasteiger partial charge < -0.3 is 20.5 Å². The van der Waals surface area contributed by atoms with Crippen molar-refractivity contribution in [3.05, 3.63) is 58.1 Å². The molecule has 1 atom stereocenters. The first-order valence-electron chi connectivity index (χ1n) is 8.28. The van der Waals surface area contributed by atoms with Crippen LogP contribution in [0.5, 0.6) is 5.75 Å². The fourth-order valence-electron chi connectivity index (χ4n) is 2.72. The largest absolute Gasteiger partial charge is 0.490 e. The lowest BCUT2D eigenvalue weighted by Gasteiger charge is -2.14. The summed E-state index contributed by atoms with van der Waals surface area (Å²) in [5.74, 6) is -0.292. The number of nitrogens with two attached hydrogens (primary N) is 1. The second kappa shape index (κ2) is 8.33. The van der Waals surface area contributed by atoms with E-state index in [2.05, 4.69) is 21.2 Å². The summed E-state index contributed by atoms with van der Waals surface area (Å²) in [4.78, 5) is 23.9. The summed E-state index contributed by atoms with van der Waals surface area (Å²) >= 11 is 3.43. The molecule has 2 aromatic carbocycles. The zero-order valence-electron chi connectivity index (χ0n) is 14.0. The van der Waals surface area contributed by atoms with E-state index in [0.717, 1.165) is 19.4 Å². The van der Waals surface area contributed by atoms with Crippen LogP contribution in [0.4, 0.5) is 5.69 Å². The average molecular weight is 419 g/mol. The van der Waals surface area contributed by atoms with Gasteiger partial charge in [-0.2, -0.15) is 0 Å². The Morgan fingerprint density at radius 2 is 2.08 bits per heavy atom. The predicted molar refractivity (Wildman–Crippen MR) is 102 cm³/mol. The summed E-state index contributed by atoms with van der Waals surface area (Å²) < 4.78 is 12.0. The molecule has 1 fully saturated rings. The van der Waals surface area contributed by atoms with E-state index in [4.69, 9.17) is 15.2 Å². The molecule has 0 radical (unpaired) electrons. The quantitative estimate of drug-likeness (QED) is 0.752. The fraction of sp³-hybridized carbons (Fsp3) is 0.263. The van der Waals surface area contributed by atoms with E-state index in [1.165, 1.54) is 0 Å². The topological polar surface area (TPSA) is 90.7 Å². The van der Waals surface area contributed by atoms with Gasteiger partial charge in [0.2, 0.25) is 0 Å². The molecule has 0 aromatic heterocycles. The molecule has 1 saturated heterocycles. The molecule has 1 aliphatic heterocycles. The zero-order chi connectivity index (χ0) is 18.5. The number of benzene rings is 2. The van der Waals surface area contributed by atoms with Crippen LogP contribution in [-0.2, 0) is 4.74 Å². The maximum atomic E-state index is 12.5. The Bertz CT molecular complexity index is 819. The van der Waals surface area contributed by atoms with Gasteiger partial charge in [-0.1, -0.05) is 12.1 Å². The first-order valence-corrected chi connectivity index (χ1v) is 9.08. The Morgan fingerprint density at radius 1 is 1.27 bits per heavy atom. The molecule has 6 nitrogen and oxygen atoms in total. The maximum Gasteiger partial charge on any atom is 0.255 e. The number of halogens is 1. The summed E-state index contributed by atoms with van der Waals surface area (Å²) in [7, 11) is 0. The monoisotopic (exact) mass is 418 g/mol. The van der Waals surface area contributed by atoms with E-state index in [1.807, 2.05) is 0 Å². The third kappa shape index (κ3) is 4.42. The van der Waals surface area contributed by atoms with E-state index in [0.29, 0.717) is 28.1 Å². The minimum absolute atomic E-state index is 0.121. The number of ether oxygens (including phenoxy) is 2. The number of hydrogen-bond acceptors (Lipinski definition) is 4. The number of primary amides is 1. The highest BCUT2D eigenvalue weighted by Gasteiger charge is 2.17. The van der Waals surface area contributed by atoms with Gasteiger partial charge in [0.15, 0.2) is 0 Å². The Morgan fingerprint density at radius 3 is 2.77 bits per heavy atom. The molecule has 0 spiro atoms. The molecule has 2 aromatic rings. The van der Waals surface area contributed by atoms with Gasteiger partial charge in [0, 0.05) is 12.2 Å². The molecule has 26 heavy (non-hydrogen) atoms. The second-order valence-corrected chi connectivity index (χ2v) is 6.81. The smallest absolute Gasteiger partial charge is 0.255 e. The molecular weight excluding hydrogens is 400 g/mol. The highest BCUT2D eigenvalue weighted by molar-refractivity contribution is 9.10. The van der Waals surface area contributed by atoms with Crippen LogP contribution in [0.25, 0.3) is 0 Å². The highest BCUT2D eigenvalue weighted by Crippen LogP contribution is 2.27. The van der Waals surface area contributed by atoms with Gasteiger partial charge in [-0.05, 0) is 59.1 Å². The number of amides is 2. The van der Waals surface area contributed by atoms with E-state index in [9.17, 15) is 9.59 Å². The Kier molecular flexibility index (Phi) is 5.90. The van der Waals surface area contributed by atoms with Crippen LogP contribution >= 0.6 is 15.9 Å². The number of hydrogen-bond donors (Lipinski definition) is 2. The molecule has 0 unspecified atom stereocenters. The van der Waals surface area contributed by atoms with Gasteiger partial charge in [0.25, 0.3) is 11.8 Å². The van der Waals surface area contributed by atoms with Crippen LogP contribution < -0.4 is 15.8 Å². The Hall–Kier alpha value is -2.38. The van der Waals surface area contributed by atoms with Crippen molar-refractivity contribution in [2.75, 3.05) is 18.5 Å². The second-order valence-electron chi connectivity index (χ2n) is 5.96. The molecule has 3 rings (SSSR count). The minimum Gasteiger partial charge on any atom is -0.490 e. The van der Waals surface area contributed by atoms with Crippen molar-refractivity contribution in [1.29, 1.82) is 0 Å². The van der Waals surface area contributed by atoms with Crippen LogP contribution in [0.1, 0.15) is 33.6 Å². The molecule has 1 heterocycles. The Labute approximate surface area is 159 Å². The molecule has 0 aliphatic carbocycles. The molecule has 2 amide bonds. The molecule has 0 saturated carbocycles. The van der Waals surface area contributed by atoms with Crippen molar-refractivity contribution in [2.45, 2.75) is 18.9 Å². The number of para-hydroxylation sites is 1. The molecule has 1 aliphatic rings. The number of carbonyl (C=O) groups is 2. The van der Waals surface area contributed by atoms with Crippen molar-refractivity contribution in [1.82, 2.24) is 0 Å². The molecule has 3 N–H and O–H groups in total. The lowest BCUT2D eigenvalue weighted by Crippen LogP contribution is -2.18. The van der Waals surface area contributed by atoms with Gasteiger partial charge >= 0.3 is 0 Å². The Balaban J connectivity index is 1.68. The molecule has 7 heteroatoms. The number of anilines is 1. The summed E-state index contributed by atoms with van der Waals surface area (Å²) in [5.41, 5.74) is 6.40. The number of rotatable bonds is 6. The first kappa shape index (κ1) is 18.4. The first-order chi connectivity index (χ1) is 12.5. The summed E-state index contributed by atoms with van der Waals surface area (Å²) in [5, 5.41) is 2.71. The predicted octanol–water partition coefficient (Wildman–Crippen LogP) is 3.36. The van der Waals surface area contributed by atoms with Crippen LogP contribution in [0.3, 0.4) is 0 Å². The number of carbonyl (C=O) groups excluding carboxylic acids is 2. The third-order valence-corrected chi connectivity index (χ3v) is 4.70. The minimum atomic E-state index is -0.597.